The summed E-state index contributed by atoms with van der Waals surface area (Å²) in [5.74, 6) is 0.148. The average Bonchev–Trinajstić information content (AvgIpc) is 3.29. The number of hydrogen-bond acceptors (Lipinski definition) is 4. The second-order valence-corrected chi connectivity index (χ2v) is 8.49. The number of amides is 1. The van der Waals surface area contributed by atoms with Gasteiger partial charge in [-0.25, -0.2) is 0 Å². The van der Waals surface area contributed by atoms with Gasteiger partial charge in [-0.15, -0.1) is 11.3 Å². The van der Waals surface area contributed by atoms with Crippen LogP contribution < -0.4 is 5.32 Å². The zero-order chi connectivity index (χ0) is 17.7. The topological polar surface area (TPSA) is 41.6 Å². The van der Waals surface area contributed by atoms with E-state index in [0.717, 1.165) is 26.0 Å². The van der Waals surface area contributed by atoms with Crippen molar-refractivity contribution < 1.29 is 9.53 Å². The third kappa shape index (κ3) is 4.09. The summed E-state index contributed by atoms with van der Waals surface area (Å²) >= 11 is 1.69. The first kappa shape index (κ1) is 18.9. The molecular weight excluding hydrogens is 332 g/mol. The van der Waals surface area contributed by atoms with Crippen molar-refractivity contribution in [3.8, 4) is 0 Å². The molecule has 0 saturated heterocycles. The third-order valence-electron chi connectivity index (χ3n) is 5.98. The Bertz CT molecular complexity index is 540. The lowest BCUT2D eigenvalue weighted by Gasteiger charge is -2.57. The Labute approximate surface area is 155 Å². The lowest BCUT2D eigenvalue weighted by Crippen LogP contribution is -2.64. The molecular formula is C20H32N2O2S. The molecule has 25 heavy (non-hydrogen) atoms. The summed E-state index contributed by atoms with van der Waals surface area (Å²) in [5.41, 5.74) is 0.305. The van der Waals surface area contributed by atoms with Gasteiger partial charge in [0.2, 0.25) is 5.91 Å². The maximum absolute atomic E-state index is 12.5. The molecule has 2 aliphatic rings. The molecule has 0 aliphatic heterocycles. The highest BCUT2D eigenvalue weighted by Crippen LogP contribution is 2.56. The highest BCUT2D eigenvalue weighted by molar-refractivity contribution is 7.09. The van der Waals surface area contributed by atoms with Crippen molar-refractivity contribution in [3.63, 3.8) is 0 Å². The maximum atomic E-state index is 12.5. The lowest BCUT2D eigenvalue weighted by molar-refractivity contribution is -0.167. The summed E-state index contributed by atoms with van der Waals surface area (Å²) in [6, 6.07) is 4.61. The van der Waals surface area contributed by atoms with E-state index < -0.39 is 0 Å². The van der Waals surface area contributed by atoms with Crippen LogP contribution in [0.5, 0.6) is 0 Å². The van der Waals surface area contributed by atoms with Gasteiger partial charge in [0.05, 0.1) is 19.2 Å². The fraction of sp³-hybridized carbons (Fsp3) is 0.750. The van der Waals surface area contributed by atoms with Crippen LogP contribution in [-0.4, -0.2) is 42.6 Å². The quantitative estimate of drug-likeness (QED) is 0.724. The van der Waals surface area contributed by atoms with E-state index in [1.165, 1.54) is 30.6 Å². The van der Waals surface area contributed by atoms with Crippen molar-refractivity contribution >= 4 is 17.2 Å². The first-order valence-electron chi connectivity index (χ1n) is 9.84. The zero-order valence-electron chi connectivity index (χ0n) is 15.6. The molecule has 1 amide bonds. The molecule has 0 radical (unpaired) electrons. The van der Waals surface area contributed by atoms with Gasteiger partial charge in [-0.1, -0.05) is 25.8 Å². The molecule has 140 valence electrons. The number of carbonyl (C=O) groups is 1. The highest BCUT2D eigenvalue weighted by atomic mass is 32.1. The molecule has 0 bridgehead atoms. The predicted octanol–water partition coefficient (Wildman–Crippen LogP) is 3.81. The molecule has 1 aromatic heterocycles. The number of ether oxygens (including phenoxy) is 1. The molecule has 2 atom stereocenters. The zero-order valence-corrected chi connectivity index (χ0v) is 16.4. The number of rotatable bonds is 9. The molecule has 0 aromatic carbocycles. The molecule has 1 spiro atoms. The van der Waals surface area contributed by atoms with Crippen molar-refractivity contribution in [2.24, 2.45) is 5.41 Å². The molecule has 4 nitrogen and oxygen atoms in total. The minimum atomic E-state index is 0.148. The second-order valence-electron chi connectivity index (χ2n) is 7.46. The molecule has 2 aliphatic carbocycles. The van der Waals surface area contributed by atoms with Crippen molar-refractivity contribution in [3.05, 3.63) is 22.4 Å². The van der Waals surface area contributed by atoms with Gasteiger partial charge in [-0.05, 0) is 50.6 Å². The van der Waals surface area contributed by atoms with Gasteiger partial charge >= 0.3 is 0 Å². The Hall–Kier alpha value is -0.910. The first-order chi connectivity index (χ1) is 12.2. The third-order valence-corrected chi connectivity index (χ3v) is 6.86. The van der Waals surface area contributed by atoms with Crippen LogP contribution in [-0.2, 0) is 16.1 Å². The van der Waals surface area contributed by atoms with Gasteiger partial charge in [0.15, 0.2) is 0 Å². The van der Waals surface area contributed by atoms with E-state index in [9.17, 15) is 4.79 Å². The van der Waals surface area contributed by atoms with E-state index in [0.29, 0.717) is 30.7 Å². The largest absolute Gasteiger partial charge is 0.378 e. The monoisotopic (exact) mass is 364 g/mol. The van der Waals surface area contributed by atoms with E-state index >= 15 is 0 Å². The van der Waals surface area contributed by atoms with E-state index in [-0.39, 0.29) is 5.91 Å². The van der Waals surface area contributed by atoms with Gasteiger partial charge in [0.25, 0.3) is 0 Å². The summed E-state index contributed by atoms with van der Waals surface area (Å²) in [4.78, 5) is 16.1. The number of nitrogens with zero attached hydrogens (tertiary/aromatic N) is 1. The average molecular weight is 365 g/mol. The van der Waals surface area contributed by atoms with E-state index in [4.69, 9.17) is 4.74 Å². The smallest absolute Gasteiger partial charge is 0.234 e. The minimum absolute atomic E-state index is 0.148. The molecule has 2 saturated carbocycles. The van der Waals surface area contributed by atoms with Crippen molar-refractivity contribution in [2.45, 2.75) is 71.1 Å². The number of carbonyl (C=O) groups excluding carboxylic acids is 1. The summed E-state index contributed by atoms with van der Waals surface area (Å²) in [6.45, 7) is 7.26. The lowest BCUT2D eigenvalue weighted by atomic mass is 9.60. The van der Waals surface area contributed by atoms with Crippen molar-refractivity contribution in [1.82, 2.24) is 10.2 Å². The maximum Gasteiger partial charge on any atom is 0.234 e. The van der Waals surface area contributed by atoms with Crippen LogP contribution in [0.2, 0.25) is 0 Å². The van der Waals surface area contributed by atoms with Crippen LogP contribution in [0.1, 0.15) is 57.2 Å². The number of thiophene rings is 1. The van der Waals surface area contributed by atoms with Crippen LogP contribution in [0.15, 0.2) is 17.5 Å². The molecule has 2 fully saturated rings. The van der Waals surface area contributed by atoms with Gasteiger partial charge in [0, 0.05) is 22.9 Å². The van der Waals surface area contributed by atoms with E-state index in [1.807, 2.05) is 6.07 Å². The second kappa shape index (κ2) is 8.65. The van der Waals surface area contributed by atoms with Crippen molar-refractivity contribution in [1.29, 1.82) is 0 Å². The standard InChI is InChI=1S/C20H32N2O2S/c1-3-11-22(15-19(23)21-14-16-8-7-12-25-16)17-13-18(24-4-2)20(17)9-5-6-10-20/h7-8,12,17-18H,3-6,9-11,13-15H2,1-2H3,(H,21,23)/t17-,18-/m0/s1. The SMILES string of the molecule is CCCN(CC(=O)NCc1cccs1)[C@H]1C[C@H](OCC)C12CCCC2. The summed E-state index contributed by atoms with van der Waals surface area (Å²) < 4.78 is 6.05. The van der Waals surface area contributed by atoms with Gasteiger partial charge in [-0.2, -0.15) is 0 Å². The predicted molar refractivity (Wildman–Crippen MR) is 103 cm³/mol. The Kier molecular flexibility index (Phi) is 6.53. The van der Waals surface area contributed by atoms with Crippen LogP contribution in [0, 0.1) is 5.41 Å². The van der Waals surface area contributed by atoms with Crippen LogP contribution in [0.25, 0.3) is 0 Å². The minimum Gasteiger partial charge on any atom is -0.378 e. The van der Waals surface area contributed by atoms with Crippen LogP contribution in [0.3, 0.4) is 0 Å². The fourth-order valence-corrected chi connectivity index (χ4v) is 5.48. The number of hydrogen-bond donors (Lipinski definition) is 1. The van der Waals surface area contributed by atoms with Gasteiger partial charge in [0.1, 0.15) is 0 Å². The Morgan fingerprint density at radius 3 is 2.84 bits per heavy atom. The first-order valence-corrected chi connectivity index (χ1v) is 10.7. The summed E-state index contributed by atoms with van der Waals surface area (Å²) in [5, 5.41) is 5.14. The molecule has 1 heterocycles. The Balaban J connectivity index is 1.59. The Morgan fingerprint density at radius 2 is 2.20 bits per heavy atom. The van der Waals surface area contributed by atoms with E-state index in [1.54, 1.807) is 11.3 Å². The normalized spacial score (nSPS) is 24.6. The van der Waals surface area contributed by atoms with Gasteiger partial charge in [-0.3, -0.25) is 9.69 Å². The molecule has 1 N–H and O–H groups in total. The van der Waals surface area contributed by atoms with Gasteiger partial charge < -0.3 is 10.1 Å². The van der Waals surface area contributed by atoms with Crippen LogP contribution >= 0.6 is 11.3 Å². The number of nitrogens with one attached hydrogen (secondary N) is 1. The van der Waals surface area contributed by atoms with Crippen LogP contribution in [0.4, 0.5) is 0 Å². The Morgan fingerprint density at radius 1 is 1.40 bits per heavy atom. The molecule has 5 heteroatoms. The van der Waals surface area contributed by atoms with E-state index in [2.05, 4.69) is 35.5 Å². The fourth-order valence-electron chi connectivity index (χ4n) is 4.83. The summed E-state index contributed by atoms with van der Waals surface area (Å²) in [6.07, 6.45) is 7.72. The molecule has 3 rings (SSSR count). The summed E-state index contributed by atoms with van der Waals surface area (Å²) in [7, 11) is 0. The van der Waals surface area contributed by atoms with Crippen molar-refractivity contribution in [2.75, 3.05) is 19.7 Å². The molecule has 1 aromatic rings. The molecule has 0 unspecified atom stereocenters. The highest BCUT2D eigenvalue weighted by Gasteiger charge is 2.58.